The number of ketones is 1. The Morgan fingerprint density at radius 3 is 2.32 bits per heavy atom. The van der Waals surface area contributed by atoms with Crippen molar-refractivity contribution in [3.05, 3.63) is 91.4 Å². The van der Waals surface area contributed by atoms with Gasteiger partial charge in [0.05, 0.1) is 11.2 Å². The number of carbonyl (C=O) groups is 2. The van der Waals surface area contributed by atoms with Crippen molar-refractivity contribution < 1.29 is 9.59 Å². The van der Waals surface area contributed by atoms with Crippen LogP contribution in [0, 0.1) is 0 Å². The molecule has 1 amide bonds. The van der Waals surface area contributed by atoms with Gasteiger partial charge in [0.15, 0.2) is 5.78 Å². The molecule has 0 aliphatic carbocycles. The number of halogens is 1. The number of amides is 1. The van der Waals surface area contributed by atoms with Crippen LogP contribution in [0.15, 0.2) is 69.6 Å². The lowest BCUT2D eigenvalue weighted by Gasteiger charge is -2.12. The molecule has 2 heterocycles. The molecule has 0 saturated heterocycles. The predicted molar refractivity (Wildman–Crippen MR) is 122 cm³/mol. The summed E-state index contributed by atoms with van der Waals surface area (Å²) in [7, 11) is 0. The molecule has 2 aromatic carbocycles. The van der Waals surface area contributed by atoms with Gasteiger partial charge in [-0.05, 0) is 66.9 Å². The van der Waals surface area contributed by atoms with Crippen LogP contribution in [0.3, 0.4) is 0 Å². The van der Waals surface area contributed by atoms with E-state index in [2.05, 4.69) is 5.32 Å². The molecule has 9 heteroatoms. The SMILES string of the molecule is CC(=O)c1ccc(NC(=O)Cn2c(=O)n(-c3ccc(Cl)cc3)c(=O)c3sccc32)cc1. The van der Waals surface area contributed by atoms with Crippen LogP contribution in [0.25, 0.3) is 15.9 Å². The summed E-state index contributed by atoms with van der Waals surface area (Å²) in [6, 6.07) is 14.4. The molecule has 0 fully saturated rings. The van der Waals surface area contributed by atoms with Crippen molar-refractivity contribution in [2.75, 3.05) is 5.32 Å². The molecule has 0 spiro atoms. The minimum absolute atomic E-state index is 0.0752. The number of nitrogens with one attached hydrogen (secondary N) is 1. The summed E-state index contributed by atoms with van der Waals surface area (Å²) >= 11 is 7.12. The zero-order valence-electron chi connectivity index (χ0n) is 16.3. The van der Waals surface area contributed by atoms with E-state index in [1.807, 2.05) is 0 Å². The fourth-order valence-electron chi connectivity index (χ4n) is 3.19. The van der Waals surface area contributed by atoms with E-state index >= 15 is 0 Å². The molecule has 0 atom stereocenters. The molecule has 1 N–H and O–H groups in total. The van der Waals surface area contributed by atoms with Crippen molar-refractivity contribution in [3.63, 3.8) is 0 Å². The quantitative estimate of drug-likeness (QED) is 0.466. The number of Topliss-reactive ketones (excluding diaryl/α,β-unsaturated/α-hetero) is 1. The molecule has 4 rings (SSSR count). The average Bonchev–Trinajstić information content (AvgIpc) is 3.23. The first-order chi connectivity index (χ1) is 14.8. The van der Waals surface area contributed by atoms with E-state index in [4.69, 9.17) is 11.6 Å². The number of rotatable bonds is 5. The van der Waals surface area contributed by atoms with Crippen LogP contribution in [-0.2, 0) is 11.3 Å². The maximum absolute atomic E-state index is 13.2. The Kier molecular flexibility index (Phi) is 5.58. The second kappa shape index (κ2) is 8.33. The summed E-state index contributed by atoms with van der Waals surface area (Å²) in [5, 5.41) is 4.89. The lowest BCUT2D eigenvalue weighted by molar-refractivity contribution is -0.116. The molecular formula is C22H16ClN3O4S. The maximum atomic E-state index is 13.2. The van der Waals surface area contributed by atoms with Crippen molar-refractivity contribution in [2.24, 2.45) is 0 Å². The molecular weight excluding hydrogens is 438 g/mol. The van der Waals surface area contributed by atoms with E-state index < -0.39 is 17.2 Å². The highest BCUT2D eigenvalue weighted by molar-refractivity contribution is 7.17. The number of carbonyl (C=O) groups excluding carboxylic acids is 2. The van der Waals surface area contributed by atoms with Gasteiger partial charge in [-0.3, -0.25) is 19.0 Å². The van der Waals surface area contributed by atoms with E-state index in [-0.39, 0.29) is 12.3 Å². The Hall–Kier alpha value is -3.49. The van der Waals surface area contributed by atoms with Crippen molar-refractivity contribution in [3.8, 4) is 5.69 Å². The standard InChI is InChI=1S/C22H16ClN3O4S/c1-13(27)14-2-6-16(7-3-14)24-19(28)12-25-18-10-11-31-20(18)21(29)26(22(25)30)17-8-4-15(23)5-9-17/h2-11H,12H2,1H3,(H,24,28). The topological polar surface area (TPSA) is 90.2 Å². The molecule has 0 unspecified atom stereocenters. The Bertz CT molecular complexity index is 1420. The van der Waals surface area contributed by atoms with Gasteiger partial charge in [-0.25, -0.2) is 9.36 Å². The van der Waals surface area contributed by atoms with Crippen molar-refractivity contribution >= 4 is 50.5 Å². The van der Waals surface area contributed by atoms with Gasteiger partial charge < -0.3 is 5.32 Å². The smallest absolute Gasteiger partial charge is 0.325 e. The van der Waals surface area contributed by atoms with Gasteiger partial charge in [0.2, 0.25) is 5.91 Å². The summed E-state index contributed by atoms with van der Waals surface area (Å²) in [5.41, 5.74) is 0.713. The molecule has 156 valence electrons. The molecule has 4 aromatic rings. The molecule has 0 bridgehead atoms. The maximum Gasteiger partial charge on any atom is 0.336 e. The number of fused-ring (bicyclic) bond motifs is 1. The fraction of sp³-hybridized carbons (Fsp3) is 0.0909. The number of anilines is 1. The van der Waals surface area contributed by atoms with Gasteiger partial charge in [-0.15, -0.1) is 11.3 Å². The van der Waals surface area contributed by atoms with Gasteiger partial charge in [-0.1, -0.05) is 11.6 Å². The zero-order chi connectivity index (χ0) is 22.1. The second-order valence-electron chi connectivity index (χ2n) is 6.80. The summed E-state index contributed by atoms with van der Waals surface area (Å²) in [6.45, 7) is 1.18. The van der Waals surface area contributed by atoms with Crippen LogP contribution < -0.4 is 16.6 Å². The highest BCUT2D eigenvalue weighted by Crippen LogP contribution is 2.18. The normalized spacial score (nSPS) is 10.9. The third-order valence-electron chi connectivity index (χ3n) is 4.72. The largest absolute Gasteiger partial charge is 0.336 e. The Labute approximate surface area is 185 Å². The van der Waals surface area contributed by atoms with E-state index in [0.717, 1.165) is 4.57 Å². The summed E-state index contributed by atoms with van der Waals surface area (Å²) in [5.74, 6) is -0.514. The molecule has 31 heavy (non-hydrogen) atoms. The molecule has 0 radical (unpaired) electrons. The van der Waals surface area contributed by atoms with Gasteiger partial charge >= 0.3 is 5.69 Å². The number of hydrogen-bond acceptors (Lipinski definition) is 5. The van der Waals surface area contributed by atoms with Crippen molar-refractivity contribution in [1.29, 1.82) is 0 Å². The average molecular weight is 454 g/mol. The minimum atomic E-state index is -0.625. The first-order valence-electron chi connectivity index (χ1n) is 9.25. The van der Waals surface area contributed by atoms with E-state index in [1.54, 1.807) is 60.0 Å². The van der Waals surface area contributed by atoms with Crippen LogP contribution in [0.2, 0.25) is 5.02 Å². The molecule has 0 saturated carbocycles. The summed E-state index contributed by atoms with van der Waals surface area (Å²) in [4.78, 5) is 50.1. The molecule has 7 nitrogen and oxygen atoms in total. The lowest BCUT2D eigenvalue weighted by Crippen LogP contribution is -2.40. The first-order valence-corrected chi connectivity index (χ1v) is 10.5. The number of benzene rings is 2. The Morgan fingerprint density at radius 1 is 1.00 bits per heavy atom. The third kappa shape index (κ3) is 4.08. The van der Waals surface area contributed by atoms with Gasteiger partial charge in [0.1, 0.15) is 11.2 Å². The predicted octanol–water partition coefficient (Wildman–Crippen LogP) is 3.71. The van der Waals surface area contributed by atoms with Crippen LogP contribution in [0.4, 0.5) is 5.69 Å². The van der Waals surface area contributed by atoms with Crippen LogP contribution >= 0.6 is 22.9 Å². The van der Waals surface area contributed by atoms with Crippen molar-refractivity contribution in [2.45, 2.75) is 13.5 Å². The van der Waals surface area contributed by atoms with Gasteiger partial charge in [0.25, 0.3) is 5.56 Å². The summed E-state index contributed by atoms with van der Waals surface area (Å²) in [6.07, 6.45) is 0. The monoisotopic (exact) mass is 453 g/mol. The lowest BCUT2D eigenvalue weighted by atomic mass is 10.1. The van der Waals surface area contributed by atoms with E-state index in [1.165, 1.54) is 22.8 Å². The minimum Gasteiger partial charge on any atom is -0.325 e. The van der Waals surface area contributed by atoms with E-state index in [0.29, 0.717) is 32.2 Å². The zero-order valence-corrected chi connectivity index (χ0v) is 17.9. The highest BCUT2D eigenvalue weighted by atomic mass is 35.5. The molecule has 2 aromatic heterocycles. The van der Waals surface area contributed by atoms with Crippen LogP contribution in [0.1, 0.15) is 17.3 Å². The third-order valence-corrected chi connectivity index (χ3v) is 5.86. The number of hydrogen-bond donors (Lipinski definition) is 1. The second-order valence-corrected chi connectivity index (χ2v) is 8.15. The Balaban J connectivity index is 1.72. The Morgan fingerprint density at radius 2 is 1.68 bits per heavy atom. The summed E-state index contributed by atoms with van der Waals surface area (Å²) < 4.78 is 2.67. The first kappa shape index (κ1) is 20.8. The van der Waals surface area contributed by atoms with Gasteiger partial charge in [-0.2, -0.15) is 0 Å². The number of aromatic nitrogens is 2. The van der Waals surface area contributed by atoms with Crippen molar-refractivity contribution in [1.82, 2.24) is 9.13 Å². The molecule has 0 aliphatic rings. The van der Waals surface area contributed by atoms with Crippen LogP contribution in [-0.4, -0.2) is 20.8 Å². The number of thiophene rings is 1. The highest BCUT2D eigenvalue weighted by Gasteiger charge is 2.17. The van der Waals surface area contributed by atoms with Crippen LogP contribution in [0.5, 0.6) is 0 Å². The van der Waals surface area contributed by atoms with E-state index in [9.17, 15) is 19.2 Å². The van der Waals surface area contributed by atoms with Gasteiger partial charge in [0, 0.05) is 16.3 Å². The molecule has 0 aliphatic heterocycles. The number of nitrogens with zero attached hydrogens (tertiary/aromatic N) is 2. The fourth-order valence-corrected chi connectivity index (χ4v) is 4.14.